The van der Waals surface area contributed by atoms with Crippen molar-refractivity contribution in [2.45, 2.75) is 33.2 Å². The second-order valence-electron chi connectivity index (χ2n) is 6.29. The number of methoxy groups -OCH3 is 1. The largest absolute Gasteiger partial charge is 0.493 e. The molecule has 28 heavy (non-hydrogen) atoms. The van der Waals surface area contributed by atoms with E-state index in [4.69, 9.17) is 9.47 Å². The van der Waals surface area contributed by atoms with Crippen LogP contribution >= 0.6 is 0 Å². The molecule has 150 valence electrons. The molecule has 2 rings (SSSR count). The summed E-state index contributed by atoms with van der Waals surface area (Å²) in [6, 6.07) is 12.3. The van der Waals surface area contributed by atoms with E-state index in [2.05, 4.69) is 17.6 Å². The summed E-state index contributed by atoms with van der Waals surface area (Å²) in [5, 5.41) is 5.76. The SMILES string of the molecule is CCCCNC(=O)c1ccc(CNC(=O)c2ccc(OCC)c(OC)c2)cc1. The number of hydrogen-bond acceptors (Lipinski definition) is 4. The predicted molar refractivity (Wildman–Crippen MR) is 109 cm³/mol. The third kappa shape index (κ3) is 6.01. The molecule has 0 aliphatic rings. The zero-order valence-corrected chi connectivity index (χ0v) is 16.7. The van der Waals surface area contributed by atoms with Crippen molar-refractivity contribution in [3.05, 3.63) is 59.2 Å². The zero-order valence-electron chi connectivity index (χ0n) is 16.7. The summed E-state index contributed by atoms with van der Waals surface area (Å²) in [6.45, 7) is 5.54. The predicted octanol–water partition coefficient (Wildman–Crippen LogP) is 3.55. The summed E-state index contributed by atoms with van der Waals surface area (Å²) in [5.74, 6) is 0.843. The van der Waals surface area contributed by atoms with E-state index in [1.54, 1.807) is 37.4 Å². The first-order valence-electron chi connectivity index (χ1n) is 9.55. The standard InChI is InChI=1S/C22H28N2O4/c1-4-6-13-23-21(25)17-9-7-16(8-10-17)15-24-22(26)18-11-12-19(28-5-2)20(14-18)27-3/h7-12,14H,4-6,13,15H2,1-3H3,(H,23,25)(H,24,26). The van der Waals surface area contributed by atoms with Gasteiger partial charge >= 0.3 is 0 Å². The van der Waals surface area contributed by atoms with Gasteiger partial charge in [-0.25, -0.2) is 0 Å². The van der Waals surface area contributed by atoms with Crippen molar-refractivity contribution in [1.29, 1.82) is 0 Å². The third-order valence-electron chi connectivity index (χ3n) is 4.21. The van der Waals surface area contributed by atoms with Gasteiger partial charge in [-0.3, -0.25) is 9.59 Å². The average Bonchev–Trinajstić information content (AvgIpc) is 2.73. The highest BCUT2D eigenvalue weighted by atomic mass is 16.5. The number of rotatable bonds is 10. The fraction of sp³-hybridized carbons (Fsp3) is 0.364. The zero-order chi connectivity index (χ0) is 20.4. The Labute approximate surface area is 166 Å². The lowest BCUT2D eigenvalue weighted by atomic mass is 10.1. The number of unbranched alkanes of at least 4 members (excludes halogenated alkanes) is 1. The molecular formula is C22H28N2O4. The molecule has 0 heterocycles. The van der Waals surface area contributed by atoms with E-state index < -0.39 is 0 Å². The first-order chi connectivity index (χ1) is 13.6. The second kappa shape index (κ2) is 11.0. The Kier molecular flexibility index (Phi) is 8.34. The number of amides is 2. The summed E-state index contributed by atoms with van der Waals surface area (Å²) in [7, 11) is 1.54. The Morgan fingerprint density at radius 1 is 0.893 bits per heavy atom. The minimum atomic E-state index is -0.206. The molecule has 2 aromatic rings. The number of carbonyl (C=O) groups is 2. The molecule has 0 saturated carbocycles. The van der Waals surface area contributed by atoms with Gasteiger partial charge in [0.05, 0.1) is 13.7 Å². The van der Waals surface area contributed by atoms with E-state index in [1.807, 2.05) is 19.1 Å². The Balaban J connectivity index is 1.93. The molecule has 2 aromatic carbocycles. The van der Waals surface area contributed by atoms with Gasteiger partial charge in [0.15, 0.2) is 11.5 Å². The lowest BCUT2D eigenvalue weighted by molar-refractivity contribution is 0.0942. The molecule has 0 aliphatic carbocycles. The van der Waals surface area contributed by atoms with Gasteiger partial charge < -0.3 is 20.1 Å². The quantitative estimate of drug-likeness (QED) is 0.614. The Morgan fingerprint density at radius 2 is 1.57 bits per heavy atom. The van der Waals surface area contributed by atoms with Crippen LogP contribution in [0.4, 0.5) is 0 Å². The molecular weight excluding hydrogens is 356 g/mol. The van der Waals surface area contributed by atoms with Crippen LogP contribution in [0.15, 0.2) is 42.5 Å². The van der Waals surface area contributed by atoms with Crippen LogP contribution in [0.25, 0.3) is 0 Å². The van der Waals surface area contributed by atoms with Crippen LogP contribution in [0.5, 0.6) is 11.5 Å². The van der Waals surface area contributed by atoms with Crippen LogP contribution in [0, 0.1) is 0 Å². The van der Waals surface area contributed by atoms with Gasteiger partial charge in [0, 0.05) is 24.2 Å². The van der Waals surface area contributed by atoms with E-state index in [0.29, 0.717) is 42.3 Å². The van der Waals surface area contributed by atoms with Gasteiger partial charge in [-0.15, -0.1) is 0 Å². The molecule has 0 saturated heterocycles. The lowest BCUT2D eigenvalue weighted by Gasteiger charge is -2.11. The normalized spacial score (nSPS) is 10.2. The molecule has 6 nitrogen and oxygen atoms in total. The van der Waals surface area contributed by atoms with E-state index in [-0.39, 0.29) is 11.8 Å². The van der Waals surface area contributed by atoms with Crippen LogP contribution in [0.2, 0.25) is 0 Å². The van der Waals surface area contributed by atoms with Crippen molar-refractivity contribution in [2.24, 2.45) is 0 Å². The van der Waals surface area contributed by atoms with E-state index >= 15 is 0 Å². The fourth-order valence-corrected chi connectivity index (χ4v) is 2.62. The van der Waals surface area contributed by atoms with Gasteiger partial charge in [0.2, 0.25) is 0 Å². The molecule has 0 aliphatic heterocycles. The van der Waals surface area contributed by atoms with E-state index in [9.17, 15) is 9.59 Å². The number of benzene rings is 2. The van der Waals surface area contributed by atoms with Gasteiger partial charge in [0.25, 0.3) is 11.8 Å². The molecule has 2 amide bonds. The topological polar surface area (TPSA) is 76.7 Å². The molecule has 2 N–H and O–H groups in total. The third-order valence-corrected chi connectivity index (χ3v) is 4.21. The van der Waals surface area contributed by atoms with Crippen molar-refractivity contribution >= 4 is 11.8 Å². The summed E-state index contributed by atoms with van der Waals surface area (Å²) in [4.78, 5) is 24.4. The molecule has 0 spiro atoms. The first-order valence-corrected chi connectivity index (χ1v) is 9.55. The molecule has 6 heteroatoms. The highest BCUT2D eigenvalue weighted by Crippen LogP contribution is 2.28. The molecule has 0 fully saturated rings. The number of nitrogens with one attached hydrogen (secondary N) is 2. The molecule has 0 radical (unpaired) electrons. The van der Waals surface area contributed by atoms with Crippen molar-refractivity contribution in [3.8, 4) is 11.5 Å². The van der Waals surface area contributed by atoms with Gasteiger partial charge in [-0.05, 0) is 49.2 Å². The second-order valence-corrected chi connectivity index (χ2v) is 6.29. The first kappa shape index (κ1) is 21.3. The van der Waals surface area contributed by atoms with Crippen molar-refractivity contribution < 1.29 is 19.1 Å². The Bertz CT molecular complexity index is 788. The van der Waals surface area contributed by atoms with Crippen LogP contribution in [-0.4, -0.2) is 32.1 Å². The molecule has 0 atom stereocenters. The summed E-state index contributed by atoms with van der Waals surface area (Å²) in [5.41, 5.74) is 2.02. The van der Waals surface area contributed by atoms with Crippen molar-refractivity contribution in [1.82, 2.24) is 10.6 Å². The highest BCUT2D eigenvalue weighted by molar-refractivity contribution is 5.95. The summed E-state index contributed by atoms with van der Waals surface area (Å²) in [6.07, 6.45) is 2.01. The fourth-order valence-electron chi connectivity index (χ4n) is 2.62. The lowest BCUT2D eigenvalue weighted by Crippen LogP contribution is -2.24. The van der Waals surface area contributed by atoms with E-state index in [1.165, 1.54) is 0 Å². The number of ether oxygens (including phenoxy) is 2. The minimum absolute atomic E-state index is 0.0782. The molecule has 0 aromatic heterocycles. The van der Waals surface area contributed by atoms with Gasteiger partial charge in [-0.2, -0.15) is 0 Å². The highest BCUT2D eigenvalue weighted by Gasteiger charge is 2.11. The van der Waals surface area contributed by atoms with Crippen LogP contribution in [-0.2, 0) is 6.54 Å². The van der Waals surface area contributed by atoms with Crippen LogP contribution in [0.1, 0.15) is 53.0 Å². The van der Waals surface area contributed by atoms with Gasteiger partial charge in [-0.1, -0.05) is 25.5 Å². The Morgan fingerprint density at radius 3 is 2.21 bits per heavy atom. The van der Waals surface area contributed by atoms with Crippen LogP contribution < -0.4 is 20.1 Å². The summed E-state index contributed by atoms with van der Waals surface area (Å²) >= 11 is 0. The van der Waals surface area contributed by atoms with Crippen LogP contribution in [0.3, 0.4) is 0 Å². The number of carbonyl (C=O) groups excluding carboxylic acids is 2. The monoisotopic (exact) mass is 384 g/mol. The smallest absolute Gasteiger partial charge is 0.251 e. The maximum absolute atomic E-state index is 12.4. The number of hydrogen-bond donors (Lipinski definition) is 2. The summed E-state index contributed by atoms with van der Waals surface area (Å²) < 4.78 is 10.7. The van der Waals surface area contributed by atoms with Crippen molar-refractivity contribution in [3.63, 3.8) is 0 Å². The molecule has 0 unspecified atom stereocenters. The van der Waals surface area contributed by atoms with E-state index in [0.717, 1.165) is 18.4 Å². The van der Waals surface area contributed by atoms with Crippen molar-refractivity contribution in [2.75, 3.05) is 20.3 Å². The average molecular weight is 384 g/mol. The maximum atomic E-state index is 12.4. The maximum Gasteiger partial charge on any atom is 0.251 e. The molecule has 0 bridgehead atoms. The minimum Gasteiger partial charge on any atom is -0.493 e. The Hall–Kier alpha value is -3.02. The van der Waals surface area contributed by atoms with Gasteiger partial charge in [0.1, 0.15) is 0 Å².